The van der Waals surface area contributed by atoms with Gasteiger partial charge in [0.05, 0.1) is 0 Å². The Morgan fingerprint density at radius 3 is 2.64 bits per heavy atom. The van der Waals surface area contributed by atoms with E-state index in [2.05, 4.69) is 37.0 Å². The number of hydrogen-bond acceptors (Lipinski definition) is 2. The predicted molar refractivity (Wildman–Crippen MR) is 52.6 cm³/mol. The van der Waals surface area contributed by atoms with Crippen LogP contribution in [0.1, 0.15) is 19.4 Å². The van der Waals surface area contributed by atoms with Gasteiger partial charge in [-0.05, 0) is 0 Å². The van der Waals surface area contributed by atoms with E-state index in [1.54, 1.807) is 0 Å². The van der Waals surface area contributed by atoms with Gasteiger partial charge in [0.1, 0.15) is 0 Å². The Morgan fingerprint density at radius 1 is 1.36 bits per heavy atom. The van der Waals surface area contributed by atoms with E-state index in [1.807, 2.05) is 6.07 Å². The number of aliphatic imine (C=N–C) groups is 1. The van der Waals surface area contributed by atoms with Gasteiger partial charge in [0.2, 0.25) is 0 Å². The van der Waals surface area contributed by atoms with Crippen molar-refractivity contribution in [3.63, 3.8) is 0 Å². The molecule has 69 valence electrons. The third kappa shape index (κ3) is 1.88. The molecule has 0 atom stereocenters. The molecule has 0 unspecified atom stereocenters. The van der Waals surface area contributed by atoms with E-state index in [0.717, 1.165) is 29.8 Å². The average molecular weight is 240 g/mol. The molecule has 1 aromatic rings. The van der Waals surface area contributed by atoms with Crippen LogP contribution in [0.25, 0.3) is 0 Å². The molecule has 0 saturated carbocycles. The Hall–Kier alpha value is -0.687. The maximum atomic E-state index is 5.61. The van der Waals surface area contributed by atoms with Gasteiger partial charge in [0.15, 0.2) is 0 Å². The van der Waals surface area contributed by atoms with Gasteiger partial charge in [-0.3, -0.25) is 0 Å². The topological polar surface area (TPSA) is 21.6 Å². The predicted octanol–water partition coefficient (Wildman–Crippen LogP) is 1.41. The summed E-state index contributed by atoms with van der Waals surface area (Å²) in [4.78, 5) is 4.57. The minimum absolute atomic E-state index is 0.0579. The van der Waals surface area contributed by atoms with E-state index in [4.69, 9.17) is 4.74 Å². The summed E-state index contributed by atoms with van der Waals surface area (Å²) in [5.74, 6) is 0.817. The van der Waals surface area contributed by atoms with Crippen molar-refractivity contribution >= 4 is 10.1 Å². The fourth-order valence-corrected chi connectivity index (χ4v) is 2.30. The van der Waals surface area contributed by atoms with Crippen LogP contribution in [0, 0.1) is 0 Å². The molecule has 2 rings (SSSR count). The van der Waals surface area contributed by atoms with Crippen LogP contribution in [0.5, 0.6) is 0 Å². The van der Waals surface area contributed by atoms with Crippen LogP contribution < -0.4 is 4.16 Å². The molecule has 1 aliphatic heterocycles. The van der Waals surface area contributed by atoms with Gasteiger partial charge in [0.25, 0.3) is 0 Å². The first-order valence-corrected chi connectivity index (χ1v) is 6.21. The van der Waals surface area contributed by atoms with Crippen LogP contribution in [-0.2, 0) is 23.0 Å². The third-order valence-electron chi connectivity index (χ3n) is 2.21. The Balaban J connectivity index is 2.38. The average Bonchev–Trinajstić information content (AvgIpc) is 2.47. The van der Waals surface area contributed by atoms with Crippen LogP contribution in [0.4, 0.5) is 0 Å². The van der Waals surface area contributed by atoms with Gasteiger partial charge in [-0.2, -0.15) is 0 Å². The van der Waals surface area contributed by atoms with Crippen LogP contribution in [0.3, 0.4) is 0 Å². The zero-order valence-corrected chi connectivity index (χ0v) is 11.5. The molecule has 0 aromatic heterocycles. The van der Waals surface area contributed by atoms with Crippen molar-refractivity contribution in [1.82, 2.24) is 0 Å². The van der Waals surface area contributed by atoms with E-state index in [0.29, 0.717) is 6.61 Å². The fraction of sp³-hybridized carbons (Fsp3) is 0.364. The SMILES string of the molecule is CC1(C)COC(c2cccc[c]2[Zn])=N1. The van der Waals surface area contributed by atoms with Crippen molar-refractivity contribution in [2.75, 3.05) is 6.61 Å². The van der Waals surface area contributed by atoms with Crippen molar-refractivity contribution in [3.05, 3.63) is 29.8 Å². The first kappa shape index (κ1) is 9.85. The Morgan fingerprint density at radius 2 is 2.07 bits per heavy atom. The maximum absolute atomic E-state index is 5.61. The molecule has 3 heteroatoms. The first-order chi connectivity index (χ1) is 6.58. The molecular formula is C11H12NOZn. The van der Waals surface area contributed by atoms with E-state index < -0.39 is 0 Å². The third-order valence-corrected chi connectivity index (χ3v) is 3.51. The molecule has 1 aliphatic rings. The van der Waals surface area contributed by atoms with Crippen molar-refractivity contribution in [1.29, 1.82) is 0 Å². The van der Waals surface area contributed by atoms with Gasteiger partial charge in [-0.15, -0.1) is 0 Å². The monoisotopic (exact) mass is 238 g/mol. The molecule has 0 amide bonds. The van der Waals surface area contributed by atoms with Crippen molar-refractivity contribution in [3.8, 4) is 0 Å². The molecule has 0 saturated heterocycles. The Kier molecular flexibility index (Phi) is 2.44. The molecule has 0 aliphatic carbocycles. The standard InChI is InChI=1S/C11H12NO.Zn/c1-11(2)8-13-10(12-11)9-6-4-3-5-7-9;/h3-6H,8H2,1-2H3;. The van der Waals surface area contributed by atoms with E-state index >= 15 is 0 Å². The number of ether oxygens (including phenoxy) is 1. The van der Waals surface area contributed by atoms with Crippen LogP contribution >= 0.6 is 0 Å². The summed E-state index contributed by atoms with van der Waals surface area (Å²) in [5.41, 5.74) is 1.11. The summed E-state index contributed by atoms with van der Waals surface area (Å²) in [6.45, 7) is 4.87. The van der Waals surface area contributed by atoms with E-state index in [1.165, 1.54) is 4.16 Å². The van der Waals surface area contributed by atoms with Gasteiger partial charge < -0.3 is 0 Å². The van der Waals surface area contributed by atoms with E-state index in [9.17, 15) is 0 Å². The molecule has 14 heavy (non-hydrogen) atoms. The second kappa shape index (κ2) is 3.47. The van der Waals surface area contributed by atoms with Crippen molar-refractivity contribution in [2.24, 2.45) is 4.99 Å². The van der Waals surface area contributed by atoms with Crippen LogP contribution in [-0.4, -0.2) is 18.0 Å². The van der Waals surface area contributed by atoms with Crippen molar-refractivity contribution < 1.29 is 23.0 Å². The van der Waals surface area contributed by atoms with Gasteiger partial charge in [-0.1, -0.05) is 0 Å². The second-order valence-corrected chi connectivity index (χ2v) is 5.77. The molecule has 0 fully saturated rings. The molecule has 2 nitrogen and oxygen atoms in total. The molecule has 1 aromatic carbocycles. The zero-order chi connectivity index (χ0) is 10.2. The number of benzene rings is 1. The summed E-state index contributed by atoms with van der Waals surface area (Å²) in [5, 5.41) is 0. The molecule has 0 spiro atoms. The first-order valence-electron chi connectivity index (χ1n) is 4.72. The molecule has 0 N–H and O–H groups in total. The molecule has 1 heterocycles. The second-order valence-electron chi connectivity index (χ2n) is 4.18. The van der Waals surface area contributed by atoms with E-state index in [-0.39, 0.29) is 5.54 Å². The number of rotatable bonds is 1. The quantitative estimate of drug-likeness (QED) is 0.679. The van der Waals surface area contributed by atoms with Gasteiger partial charge in [-0.25, -0.2) is 0 Å². The van der Waals surface area contributed by atoms with Crippen molar-refractivity contribution in [2.45, 2.75) is 19.4 Å². The van der Waals surface area contributed by atoms with Crippen LogP contribution in [0.15, 0.2) is 29.3 Å². The van der Waals surface area contributed by atoms with Crippen LogP contribution in [0.2, 0.25) is 0 Å². The molecule has 0 bridgehead atoms. The minimum atomic E-state index is -0.0579. The Labute approximate surface area is 94.1 Å². The molecular weight excluding hydrogens is 228 g/mol. The fourth-order valence-electron chi connectivity index (χ4n) is 1.45. The summed E-state index contributed by atoms with van der Waals surface area (Å²) < 4.78 is 6.94. The molecule has 0 radical (unpaired) electrons. The number of hydrogen-bond donors (Lipinski definition) is 0. The summed E-state index contributed by atoms with van der Waals surface area (Å²) >= 11 is 1.14. The summed E-state index contributed by atoms with van der Waals surface area (Å²) in [6, 6.07) is 8.31. The summed E-state index contributed by atoms with van der Waals surface area (Å²) in [6.07, 6.45) is 0. The van der Waals surface area contributed by atoms with Gasteiger partial charge >= 0.3 is 93.9 Å². The number of nitrogens with zero attached hydrogens (tertiary/aromatic N) is 1. The summed E-state index contributed by atoms with van der Waals surface area (Å²) in [7, 11) is 0. The van der Waals surface area contributed by atoms with Gasteiger partial charge in [0, 0.05) is 0 Å². The zero-order valence-electron chi connectivity index (χ0n) is 8.58. The Bertz CT molecular complexity index is 385. The normalized spacial score (nSPS) is 19.0.